The molecule has 24 heavy (non-hydrogen) atoms. The van der Waals surface area contributed by atoms with Gasteiger partial charge in [0.1, 0.15) is 5.69 Å². The molecule has 7 heteroatoms. The van der Waals surface area contributed by atoms with Crippen molar-refractivity contribution in [2.24, 2.45) is 0 Å². The molecule has 0 aliphatic carbocycles. The van der Waals surface area contributed by atoms with Crippen molar-refractivity contribution in [2.75, 3.05) is 25.0 Å². The predicted octanol–water partition coefficient (Wildman–Crippen LogP) is 3.91. The Morgan fingerprint density at radius 2 is 2.04 bits per heavy atom. The summed E-state index contributed by atoms with van der Waals surface area (Å²) >= 11 is 3.39. The van der Waals surface area contributed by atoms with Gasteiger partial charge in [-0.1, -0.05) is 23.5 Å². The van der Waals surface area contributed by atoms with Gasteiger partial charge in [0.2, 0.25) is 5.13 Å². The standard InChI is InChI=1S/C17H19N5S2/c1-2-8-18-13(6-1)16-20-21-17(24-16)19-12-14(15-7-5-11-23-15)22-9-3-4-10-22/h1-2,5-8,11,14H,3-4,9-10,12H2,(H,19,21). The number of likely N-dealkylation sites (tertiary alicyclic amines) is 1. The number of nitrogens with zero attached hydrogens (tertiary/aromatic N) is 4. The summed E-state index contributed by atoms with van der Waals surface area (Å²) in [4.78, 5) is 8.32. The van der Waals surface area contributed by atoms with Gasteiger partial charge in [0.15, 0.2) is 5.01 Å². The maximum Gasteiger partial charge on any atom is 0.206 e. The minimum atomic E-state index is 0.412. The topological polar surface area (TPSA) is 53.9 Å². The molecule has 1 N–H and O–H groups in total. The van der Waals surface area contributed by atoms with E-state index in [0.29, 0.717) is 6.04 Å². The third kappa shape index (κ3) is 3.48. The number of anilines is 1. The highest BCUT2D eigenvalue weighted by Crippen LogP contribution is 2.30. The molecule has 4 rings (SSSR count). The van der Waals surface area contributed by atoms with E-state index < -0.39 is 0 Å². The zero-order chi connectivity index (χ0) is 16.2. The van der Waals surface area contributed by atoms with Crippen LogP contribution in [0.1, 0.15) is 23.8 Å². The quantitative estimate of drug-likeness (QED) is 0.725. The van der Waals surface area contributed by atoms with Crippen LogP contribution in [0.3, 0.4) is 0 Å². The van der Waals surface area contributed by atoms with Gasteiger partial charge in [-0.2, -0.15) is 0 Å². The Morgan fingerprint density at radius 3 is 2.79 bits per heavy atom. The van der Waals surface area contributed by atoms with Gasteiger partial charge in [0, 0.05) is 17.6 Å². The first-order valence-corrected chi connectivity index (χ1v) is 9.86. The molecule has 1 aliphatic rings. The molecular weight excluding hydrogens is 338 g/mol. The fourth-order valence-electron chi connectivity index (χ4n) is 3.02. The number of rotatable bonds is 6. The molecule has 124 valence electrons. The van der Waals surface area contributed by atoms with Gasteiger partial charge in [-0.3, -0.25) is 9.88 Å². The Kier molecular flexibility index (Phi) is 4.82. The van der Waals surface area contributed by atoms with Crippen molar-refractivity contribution < 1.29 is 0 Å². The fraction of sp³-hybridized carbons (Fsp3) is 0.353. The second kappa shape index (κ2) is 7.38. The normalized spacial score (nSPS) is 16.3. The van der Waals surface area contributed by atoms with Crippen molar-refractivity contribution in [3.05, 3.63) is 46.8 Å². The number of hydrogen-bond acceptors (Lipinski definition) is 7. The zero-order valence-corrected chi connectivity index (χ0v) is 14.9. The minimum Gasteiger partial charge on any atom is -0.358 e. The van der Waals surface area contributed by atoms with Crippen LogP contribution < -0.4 is 5.32 Å². The second-order valence-corrected chi connectivity index (χ2v) is 7.74. The number of nitrogens with one attached hydrogen (secondary N) is 1. The van der Waals surface area contributed by atoms with Crippen LogP contribution in [0.5, 0.6) is 0 Å². The summed E-state index contributed by atoms with van der Waals surface area (Å²) < 4.78 is 0. The van der Waals surface area contributed by atoms with Crippen LogP contribution in [0, 0.1) is 0 Å². The van der Waals surface area contributed by atoms with E-state index in [2.05, 4.69) is 42.9 Å². The first kappa shape index (κ1) is 15.7. The molecule has 1 fully saturated rings. The lowest BCUT2D eigenvalue weighted by Crippen LogP contribution is -2.30. The Labute approximate surface area is 149 Å². The highest BCUT2D eigenvalue weighted by Gasteiger charge is 2.24. The summed E-state index contributed by atoms with van der Waals surface area (Å²) in [5, 5.41) is 15.9. The van der Waals surface area contributed by atoms with Gasteiger partial charge in [-0.05, 0) is 49.5 Å². The molecule has 1 saturated heterocycles. The lowest BCUT2D eigenvalue weighted by Gasteiger charge is -2.26. The summed E-state index contributed by atoms with van der Waals surface area (Å²) in [6.45, 7) is 3.22. The van der Waals surface area contributed by atoms with Gasteiger partial charge >= 0.3 is 0 Å². The van der Waals surface area contributed by atoms with E-state index in [1.807, 2.05) is 29.5 Å². The molecule has 1 atom stereocenters. The molecule has 0 amide bonds. The van der Waals surface area contributed by atoms with Crippen molar-refractivity contribution in [1.29, 1.82) is 0 Å². The second-order valence-electron chi connectivity index (χ2n) is 5.78. The van der Waals surface area contributed by atoms with Crippen LogP contribution in [0.2, 0.25) is 0 Å². The van der Waals surface area contributed by atoms with Crippen LogP contribution >= 0.6 is 22.7 Å². The van der Waals surface area contributed by atoms with Crippen LogP contribution in [-0.4, -0.2) is 39.7 Å². The molecular formula is C17H19N5S2. The van der Waals surface area contributed by atoms with Crippen molar-refractivity contribution in [2.45, 2.75) is 18.9 Å². The van der Waals surface area contributed by atoms with Crippen molar-refractivity contribution >= 4 is 27.8 Å². The Bertz CT molecular complexity index is 750. The molecule has 1 unspecified atom stereocenters. The van der Waals surface area contributed by atoms with Crippen LogP contribution in [-0.2, 0) is 0 Å². The molecule has 3 aromatic heterocycles. The van der Waals surface area contributed by atoms with E-state index in [9.17, 15) is 0 Å². The zero-order valence-electron chi connectivity index (χ0n) is 13.3. The maximum absolute atomic E-state index is 4.33. The van der Waals surface area contributed by atoms with Crippen molar-refractivity contribution in [1.82, 2.24) is 20.1 Å². The number of hydrogen-bond donors (Lipinski definition) is 1. The van der Waals surface area contributed by atoms with Crippen molar-refractivity contribution in [3.8, 4) is 10.7 Å². The average molecular weight is 358 g/mol. The summed E-state index contributed by atoms with van der Waals surface area (Å²) in [6.07, 6.45) is 4.37. The van der Waals surface area contributed by atoms with E-state index in [1.165, 1.54) is 30.8 Å². The Morgan fingerprint density at radius 1 is 1.12 bits per heavy atom. The lowest BCUT2D eigenvalue weighted by molar-refractivity contribution is 0.259. The smallest absolute Gasteiger partial charge is 0.206 e. The Hall–Kier alpha value is -1.83. The predicted molar refractivity (Wildman–Crippen MR) is 99.5 cm³/mol. The third-order valence-electron chi connectivity index (χ3n) is 4.21. The summed E-state index contributed by atoms with van der Waals surface area (Å²) in [7, 11) is 0. The molecule has 1 aliphatic heterocycles. The monoisotopic (exact) mass is 357 g/mol. The average Bonchev–Trinajstić information content (AvgIpc) is 3.39. The van der Waals surface area contributed by atoms with E-state index in [4.69, 9.17) is 0 Å². The van der Waals surface area contributed by atoms with Gasteiger partial charge in [-0.15, -0.1) is 21.5 Å². The molecule has 0 radical (unpaired) electrons. The SMILES string of the molecule is c1ccc(-c2nnc(NCC(c3cccs3)N3CCCC3)s2)nc1. The van der Waals surface area contributed by atoms with Gasteiger partial charge in [-0.25, -0.2) is 0 Å². The summed E-state index contributed by atoms with van der Waals surface area (Å²) in [5.41, 5.74) is 0.873. The van der Waals surface area contributed by atoms with E-state index in [0.717, 1.165) is 22.4 Å². The minimum absolute atomic E-state index is 0.412. The van der Waals surface area contributed by atoms with E-state index in [1.54, 1.807) is 17.5 Å². The van der Waals surface area contributed by atoms with Crippen LogP contribution in [0.4, 0.5) is 5.13 Å². The van der Waals surface area contributed by atoms with Crippen molar-refractivity contribution in [3.63, 3.8) is 0 Å². The Balaban J connectivity index is 1.45. The third-order valence-corrected chi connectivity index (χ3v) is 6.09. The van der Waals surface area contributed by atoms with E-state index in [-0.39, 0.29) is 0 Å². The molecule has 0 spiro atoms. The number of pyridine rings is 1. The first-order chi connectivity index (χ1) is 11.9. The molecule has 0 saturated carbocycles. The highest BCUT2D eigenvalue weighted by atomic mass is 32.1. The summed E-state index contributed by atoms with van der Waals surface area (Å²) in [5.74, 6) is 0. The largest absolute Gasteiger partial charge is 0.358 e. The fourth-order valence-corrected chi connectivity index (χ4v) is 4.60. The number of aromatic nitrogens is 3. The molecule has 5 nitrogen and oxygen atoms in total. The van der Waals surface area contributed by atoms with Crippen LogP contribution in [0.15, 0.2) is 41.9 Å². The first-order valence-electron chi connectivity index (χ1n) is 8.16. The molecule has 4 heterocycles. The molecule has 0 bridgehead atoms. The molecule has 3 aromatic rings. The highest BCUT2D eigenvalue weighted by molar-refractivity contribution is 7.18. The van der Waals surface area contributed by atoms with E-state index >= 15 is 0 Å². The maximum atomic E-state index is 4.33. The molecule has 0 aromatic carbocycles. The van der Waals surface area contributed by atoms with Gasteiger partial charge in [0.25, 0.3) is 0 Å². The lowest BCUT2D eigenvalue weighted by atomic mass is 10.2. The van der Waals surface area contributed by atoms with Gasteiger partial charge in [0.05, 0.1) is 6.04 Å². The number of thiophene rings is 1. The van der Waals surface area contributed by atoms with Gasteiger partial charge < -0.3 is 5.32 Å². The summed E-state index contributed by atoms with van der Waals surface area (Å²) in [6, 6.07) is 10.6. The van der Waals surface area contributed by atoms with Crippen LogP contribution in [0.25, 0.3) is 10.7 Å².